The molecule has 0 bridgehead atoms. The van der Waals surface area contributed by atoms with Gasteiger partial charge in [0.2, 0.25) is 0 Å². The first kappa shape index (κ1) is 42.0. The number of hydrogen-bond donors (Lipinski definition) is 2. The van der Waals surface area contributed by atoms with E-state index < -0.39 is 0 Å². The van der Waals surface area contributed by atoms with Crippen LogP contribution in [0.3, 0.4) is 0 Å². The summed E-state index contributed by atoms with van der Waals surface area (Å²) in [6.45, 7) is 20.2. The molecule has 3 rings (SSSR count). The van der Waals surface area contributed by atoms with Crippen molar-refractivity contribution in [2.24, 2.45) is 4.99 Å². The van der Waals surface area contributed by atoms with Crippen molar-refractivity contribution in [3.05, 3.63) is 119 Å². The van der Waals surface area contributed by atoms with E-state index in [9.17, 15) is 10.2 Å². The van der Waals surface area contributed by atoms with Crippen LogP contribution in [0.15, 0.2) is 101 Å². The molecule has 0 atom stereocenters. The quantitative estimate of drug-likeness (QED) is 0.0576. The lowest BCUT2D eigenvalue weighted by molar-refractivity contribution is 0.245. The first-order valence-electron chi connectivity index (χ1n) is 18.2. The zero-order valence-electron chi connectivity index (χ0n) is 31.9. The zero-order valence-corrected chi connectivity index (χ0v) is 33.5. The van der Waals surface area contributed by atoms with Gasteiger partial charge < -0.3 is 24.9 Å². The van der Waals surface area contributed by atoms with Crippen LogP contribution in [0.2, 0.25) is 0 Å². The minimum Gasteiger partial charge on any atom is -0.395 e. The Morgan fingerprint density at radius 2 is 1.45 bits per heavy atom. The molecule has 2 N–H and O–H groups in total. The van der Waals surface area contributed by atoms with E-state index in [1.165, 1.54) is 27.8 Å². The number of aliphatic hydroxyl groups is 2. The zero-order chi connectivity index (χ0) is 37.1. The van der Waals surface area contributed by atoms with Gasteiger partial charge in [0.1, 0.15) is 0 Å². The molecule has 0 radical (unpaired) electrons. The number of benzene rings is 2. The van der Waals surface area contributed by atoms with Gasteiger partial charge in [0, 0.05) is 74.6 Å². The lowest BCUT2D eigenvalue weighted by Gasteiger charge is -2.38. The van der Waals surface area contributed by atoms with Gasteiger partial charge in [0.25, 0.3) is 0 Å². The molecule has 0 aromatic heterocycles. The van der Waals surface area contributed by atoms with Crippen LogP contribution in [0.25, 0.3) is 12.2 Å². The molecule has 8 heteroatoms. The first-order chi connectivity index (χ1) is 24.6. The SMILES string of the molecule is C/C=C/C(/C=C/c1ccc(N(CC)CCO)cc1C)=C\C=NCCSSCCN1C=CC(/C=C/c2ccc(N(CC)CCO)cc2C)=CC1(C)C. The van der Waals surface area contributed by atoms with Crippen molar-refractivity contribution >= 4 is 51.3 Å². The number of allylic oxidation sites excluding steroid dienone is 8. The first-order valence-corrected chi connectivity index (χ1v) is 20.7. The summed E-state index contributed by atoms with van der Waals surface area (Å²) in [5.74, 6) is 2.03. The molecule has 276 valence electrons. The molecule has 0 unspecified atom stereocenters. The molecule has 1 aliphatic heterocycles. The normalized spacial score (nSPS) is 14.9. The number of aliphatic imine (C=N–C) groups is 1. The molecule has 2 aromatic carbocycles. The Morgan fingerprint density at radius 3 is 2.00 bits per heavy atom. The summed E-state index contributed by atoms with van der Waals surface area (Å²) < 4.78 is 0. The van der Waals surface area contributed by atoms with Crippen LogP contribution in [0.5, 0.6) is 0 Å². The van der Waals surface area contributed by atoms with Gasteiger partial charge in [-0.25, -0.2) is 0 Å². The molecule has 0 saturated carbocycles. The Bertz CT molecular complexity index is 1590. The number of hydrogen-bond acceptors (Lipinski definition) is 8. The fraction of sp³-hybridized carbons (Fsp3) is 0.419. The molecule has 51 heavy (non-hydrogen) atoms. The topological polar surface area (TPSA) is 62.5 Å². The average molecular weight is 729 g/mol. The van der Waals surface area contributed by atoms with E-state index in [4.69, 9.17) is 0 Å². The van der Waals surface area contributed by atoms with E-state index in [0.29, 0.717) is 13.1 Å². The van der Waals surface area contributed by atoms with Gasteiger partial charge in [0.15, 0.2) is 0 Å². The molecule has 6 nitrogen and oxygen atoms in total. The van der Waals surface area contributed by atoms with Crippen molar-refractivity contribution in [1.82, 2.24) is 4.90 Å². The molecule has 0 fully saturated rings. The molecule has 1 aliphatic rings. The number of rotatable bonds is 21. The van der Waals surface area contributed by atoms with Crippen molar-refractivity contribution < 1.29 is 10.2 Å². The van der Waals surface area contributed by atoms with Gasteiger partial charge >= 0.3 is 0 Å². The Kier molecular flexibility index (Phi) is 18.5. The van der Waals surface area contributed by atoms with Gasteiger partial charge in [-0.15, -0.1) is 0 Å². The van der Waals surface area contributed by atoms with Gasteiger partial charge in [-0.2, -0.15) is 0 Å². The molecule has 1 heterocycles. The average Bonchev–Trinajstić information content (AvgIpc) is 3.11. The van der Waals surface area contributed by atoms with Gasteiger partial charge in [-0.3, -0.25) is 4.99 Å². The maximum atomic E-state index is 9.36. The highest BCUT2D eigenvalue weighted by Gasteiger charge is 2.24. The summed E-state index contributed by atoms with van der Waals surface area (Å²) in [5, 5.41) is 18.7. The Hall–Kier alpha value is -3.43. The van der Waals surface area contributed by atoms with E-state index in [1.807, 2.05) is 34.7 Å². The van der Waals surface area contributed by atoms with Crippen LogP contribution >= 0.6 is 21.6 Å². The number of nitrogens with zero attached hydrogens (tertiary/aromatic N) is 4. The van der Waals surface area contributed by atoms with E-state index in [1.54, 1.807) is 0 Å². The van der Waals surface area contributed by atoms with E-state index in [-0.39, 0.29) is 18.8 Å². The third-order valence-electron chi connectivity index (χ3n) is 8.89. The van der Waals surface area contributed by atoms with Crippen molar-refractivity contribution in [2.75, 3.05) is 73.8 Å². The minimum absolute atomic E-state index is 0.0566. The third-order valence-corrected chi connectivity index (χ3v) is 11.3. The summed E-state index contributed by atoms with van der Waals surface area (Å²) in [7, 11) is 3.80. The van der Waals surface area contributed by atoms with Crippen molar-refractivity contribution in [1.29, 1.82) is 0 Å². The predicted molar refractivity (Wildman–Crippen MR) is 230 cm³/mol. The summed E-state index contributed by atoms with van der Waals surface area (Å²) in [6.07, 6.45) is 23.6. The van der Waals surface area contributed by atoms with Crippen LogP contribution < -0.4 is 9.80 Å². The Morgan fingerprint density at radius 1 is 0.843 bits per heavy atom. The maximum absolute atomic E-state index is 9.36. The molecule has 0 amide bonds. The summed E-state index contributed by atoms with van der Waals surface area (Å²) in [6, 6.07) is 13.0. The summed E-state index contributed by atoms with van der Waals surface area (Å²) in [4.78, 5) is 11.4. The van der Waals surface area contributed by atoms with Gasteiger partial charge in [0.05, 0.1) is 18.8 Å². The highest BCUT2D eigenvalue weighted by atomic mass is 33.1. The second-order valence-corrected chi connectivity index (χ2v) is 15.7. The third kappa shape index (κ3) is 13.9. The summed E-state index contributed by atoms with van der Waals surface area (Å²) in [5.41, 5.74) is 9.41. The molecular weight excluding hydrogens is 669 g/mol. The number of anilines is 2. The van der Waals surface area contributed by atoms with Crippen LogP contribution in [-0.2, 0) is 0 Å². The number of aryl methyl sites for hydroxylation is 2. The van der Waals surface area contributed by atoms with Crippen molar-refractivity contribution in [2.45, 2.75) is 54.0 Å². The molecule has 2 aromatic rings. The van der Waals surface area contributed by atoms with Crippen LogP contribution in [-0.4, -0.2) is 90.9 Å². The van der Waals surface area contributed by atoms with Gasteiger partial charge in [-0.1, -0.05) is 76.3 Å². The van der Waals surface area contributed by atoms with Crippen LogP contribution in [0, 0.1) is 13.8 Å². The Labute approximate surface area is 316 Å². The van der Waals surface area contributed by atoms with Crippen LogP contribution in [0.4, 0.5) is 11.4 Å². The maximum Gasteiger partial charge on any atom is 0.0606 e. The molecule has 0 spiro atoms. The van der Waals surface area contributed by atoms with E-state index >= 15 is 0 Å². The second kappa shape index (κ2) is 22.5. The monoisotopic (exact) mass is 728 g/mol. The highest BCUT2D eigenvalue weighted by molar-refractivity contribution is 8.76. The fourth-order valence-electron chi connectivity index (χ4n) is 5.93. The predicted octanol–water partition coefficient (Wildman–Crippen LogP) is 9.16. The lowest BCUT2D eigenvalue weighted by atomic mass is 9.95. The van der Waals surface area contributed by atoms with E-state index in [2.05, 4.69) is 159 Å². The Balaban J connectivity index is 1.42. The van der Waals surface area contributed by atoms with Crippen molar-refractivity contribution in [3.63, 3.8) is 0 Å². The molecular formula is C43H60N4O2S2. The number of likely N-dealkylation sites (N-methyl/N-ethyl adjacent to an activating group) is 2. The highest BCUT2D eigenvalue weighted by Crippen LogP contribution is 2.28. The fourth-order valence-corrected chi connectivity index (χ4v) is 7.77. The van der Waals surface area contributed by atoms with E-state index in [0.717, 1.165) is 54.6 Å². The lowest BCUT2D eigenvalue weighted by Crippen LogP contribution is -2.41. The van der Waals surface area contributed by atoms with Crippen molar-refractivity contribution in [3.8, 4) is 0 Å². The van der Waals surface area contributed by atoms with Gasteiger partial charge in [-0.05, 0) is 118 Å². The standard InChI is InChI=1S/C43H60N4O2S2/c1-8-11-37(12-14-39-16-18-41(32-35(39)4)45(9-2)25-28-48)20-22-44-23-30-50-51-31-27-47-24-21-38(34-43(47,6)7)13-15-40-17-19-42(33-36(40)5)46(10-3)26-29-49/h8,11-22,24,32-34,48-49H,9-10,23,25-31H2,1-7H3/b11-8+,14-12+,15-13+,37-20+,44-22?. The smallest absolute Gasteiger partial charge is 0.0606 e. The second-order valence-electron chi connectivity index (χ2n) is 13.0. The molecule has 0 aliphatic carbocycles. The molecule has 0 saturated heterocycles. The number of aliphatic hydroxyl groups excluding tert-OH is 2. The summed E-state index contributed by atoms with van der Waals surface area (Å²) >= 11 is 0. The van der Waals surface area contributed by atoms with Crippen LogP contribution in [0.1, 0.15) is 56.9 Å². The minimum atomic E-state index is -0.0566. The largest absolute Gasteiger partial charge is 0.395 e.